The summed E-state index contributed by atoms with van der Waals surface area (Å²) in [7, 11) is 0. The number of carbonyl (C=O) groups excluding carboxylic acids is 1. The number of benzene rings is 2. The molecule has 0 atom stereocenters. The van der Waals surface area contributed by atoms with Crippen molar-refractivity contribution in [1.82, 2.24) is 0 Å². The molecule has 2 aromatic carbocycles. The molecule has 0 N–H and O–H groups in total. The molecule has 0 bridgehead atoms. The Balaban J connectivity index is 2.58. The van der Waals surface area contributed by atoms with Crippen LogP contribution in [0.5, 0.6) is 0 Å². The summed E-state index contributed by atoms with van der Waals surface area (Å²) in [6.45, 7) is 3.72. The number of carbonyl (C=O) groups is 1. The SMILES string of the molecule is Cc1c(Br)ccc(C(=O)c2ccc(Br)c(C)c2Cl)c1Cl. The summed E-state index contributed by atoms with van der Waals surface area (Å²) in [5.74, 6) is -0.175. The number of hydrogen-bond donors (Lipinski definition) is 0. The summed E-state index contributed by atoms with van der Waals surface area (Å²) < 4.78 is 1.74. The van der Waals surface area contributed by atoms with Gasteiger partial charge in [0.2, 0.25) is 0 Å². The van der Waals surface area contributed by atoms with Crippen molar-refractivity contribution >= 4 is 60.8 Å². The van der Waals surface area contributed by atoms with Crippen LogP contribution in [0.2, 0.25) is 10.0 Å². The highest BCUT2D eigenvalue weighted by Crippen LogP contribution is 2.33. The highest BCUT2D eigenvalue weighted by Gasteiger charge is 2.19. The van der Waals surface area contributed by atoms with Gasteiger partial charge in [0.25, 0.3) is 0 Å². The second-order valence-electron chi connectivity index (χ2n) is 4.40. The Morgan fingerprint density at radius 2 is 1.20 bits per heavy atom. The maximum atomic E-state index is 12.6. The van der Waals surface area contributed by atoms with Gasteiger partial charge in [-0.2, -0.15) is 0 Å². The molecule has 0 unspecified atom stereocenters. The van der Waals surface area contributed by atoms with Crippen molar-refractivity contribution in [2.45, 2.75) is 13.8 Å². The first-order valence-electron chi connectivity index (χ1n) is 5.78. The lowest BCUT2D eigenvalue weighted by molar-refractivity contribution is 0.103. The van der Waals surface area contributed by atoms with E-state index in [1.165, 1.54) is 0 Å². The quantitative estimate of drug-likeness (QED) is 0.500. The van der Waals surface area contributed by atoms with Crippen molar-refractivity contribution in [3.8, 4) is 0 Å². The smallest absolute Gasteiger partial charge is 0.196 e. The Bertz CT molecular complexity index is 652. The van der Waals surface area contributed by atoms with Gasteiger partial charge in [-0.25, -0.2) is 0 Å². The van der Waals surface area contributed by atoms with E-state index >= 15 is 0 Å². The first-order valence-corrected chi connectivity index (χ1v) is 8.12. The molecule has 0 aliphatic carbocycles. The van der Waals surface area contributed by atoms with E-state index in [-0.39, 0.29) is 5.78 Å². The predicted octanol–water partition coefficient (Wildman–Crippen LogP) is 6.37. The van der Waals surface area contributed by atoms with Crippen LogP contribution in [0.15, 0.2) is 33.2 Å². The second kappa shape index (κ2) is 6.18. The van der Waals surface area contributed by atoms with E-state index in [1.54, 1.807) is 12.1 Å². The molecule has 0 fully saturated rings. The molecule has 0 heterocycles. The molecule has 0 spiro atoms. The van der Waals surface area contributed by atoms with Gasteiger partial charge in [0.1, 0.15) is 0 Å². The Morgan fingerprint density at radius 3 is 1.55 bits per heavy atom. The summed E-state index contributed by atoms with van der Waals surface area (Å²) in [5.41, 5.74) is 2.58. The fourth-order valence-electron chi connectivity index (χ4n) is 1.82. The standard InChI is InChI=1S/C15H10Br2Cl2O/c1-7-11(16)5-3-9(13(7)18)15(20)10-4-6-12(17)8(2)14(10)19/h3-6H,1-2H3. The summed E-state index contributed by atoms with van der Waals surface area (Å²) in [5, 5.41) is 0.891. The van der Waals surface area contributed by atoms with Crippen molar-refractivity contribution < 1.29 is 4.79 Å². The number of halogens is 4. The number of hydrogen-bond acceptors (Lipinski definition) is 1. The van der Waals surface area contributed by atoms with Crippen LogP contribution in [-0.2, 0) is 0 Å². The van der Waals surface area contributed by atoms with Crippen LogP contribution in [0.25, 0.3) is 0 Å². The Morgan fingerprint density at radius 1 is 0.850 bits per heavy atom. The van der Waals surface area contributed by atoms with Crippen LogP contribution in [0.1, 0.15) is 27.0 Å². The van der Waals surface area contributed by atoms with Gasteiger partial charge in [-0.05, 0) is 49.2 Å². The van der Waals surface area contributed by atoms with Gasteiger partial charge in [0.15, 0.2) is 5.78 Å². The average molecular weight is 437 g/mol. The van der Waals surface area contributed by atoms with E-state index in [4.69, 9.17) is 23.2 Å². The van der Waals surface area contributed by atoms with Crippen molar-refractivity contribution in [1.29, 1.82) is 0 Å². The maximum absolute atomic E-state index is 12.6. The van der Waals surface area contributed by atoms with Crippen molar-refractivity contribution in [3.63, 3.8) is 0 Å². The van der Waals surface area contributed by atoms with Crippen LogP contribution in [0.4, 0.5) is 0 Å². The molecule has 0 aliphatic rings. The molecule has 0 saturated heterocycles. The van der Waals surface area contributed by atoms with E-state index in [2.05, 4.69) is 31.9 Å². The van der Waals surface area contributed by atoms with Gasteiger partial charge in [0.05, 0.1) is 10.0 Å². The summed E-state index contributed by atoms with van der Waals surface area (Å²) in [6, 6.07) is 7.03. The largest absolute Gasteiger partial charge is 0.288 e. The van der Waals surface area contributed by atoms with Crippen LogP contribution < -0.4 is 0 Å². The summed E-state index contributed by atoms with van der Waals surface area (Å²) >= 11 is 19.3. The molecule has 0 radical (unpaired) electrons. The molecule has 5 heteroatoms. The molecule has 2 aromatic rings. The fourth-order valence-corrected chi connectivity index (χ4v) is 3.21. The normalized spacial score (nSPS) is 10.7. The van der Waals surface area contributed by atoms with Gasteiger partial charge in [0, 0.05) is 20.1 Å². The Labute approximate surface area is 144 Å². The highest BCUT2D eigenvalue weighted by atomic mass is 79.9. The van der Waals surface area contributed by atoms with Crippen molar-refractivity contribution in [2.75, 3.05) is 0 Å². The van der Waals surface area contributed by atoms with E-state index in [9.17, 15) is 4.79 Å². The number of rotatable bonds is 2. The molecule has 1 nitrogen and oxygen atoms in total. The average Bonchev–Trinajstić information content (AvgIpc) is 2.42. The minimum atomic E-state index is -0.175. The zero-order chi connectivity index (χ0) is 15.0. The molecule has 0 aromatic heterocycles. The van der Waals surface area contributed by atoms with Gasteiger partial charge in [-0.1, -0.05) is 55.1 Å². The lowest BCUT2D eigenvalue weighted by atomic mass is 10.00. The van der Waals surface area contributed by atoms with E-state index in [0.29, 0.717) is 21.2 Å². The lowest BCUT2D eigenvalue weighted by Crippen LogP contribution is -2.05. The number of ketones is 1. The molecule has 20 heavy (non-hydrogen) atoms. The molecular weight excluding hydrogens is 427 g/mol. The second-order valence-corrected chi connectivity index (χ2v) is 6.86. The molecule has 0 aliphatic heterocycles. The molecular formula is C15H10Br2Cl2O. The molecule has 0 amide bonds. The van der Waals surface area contributed by atoms with Crippen LogP contribution in [0.3, 0.4) is 0 Å². The summed E-state index contributed by atoms with van der Waals surface area (Å²) in [4.78, 5) is 12.6. The highest BCUT2D eigenvalue weighted by molar-refractivity contribution is 9.10. The van der Waals surface area contributed by atoms with Gasteiger partial charge in [-0.3, -0.25) is 4.79 Å². The monoisotopic (exact) mass is 434 g/mol. The van der Waals surface area contributed by atoms with Crippen molar-refractivity contribution in [2.24, 2.45) is 0 Å². The van der Waals surface area contributed by atoms with E-state index < -0.39 is 0 Å². The minimum absolute atomic E-state index is 0.175. The van der Waals surface area contributed by atoms with Crippen molar-refractivity contribution in [3.05, 3.63) is 65.5 Å². The fraction of sp³-hybridized carbons (Fsp3) is 0.133. The van der Waals surface area contributed by atoms with Gasteiger partial charge in [-0.15, -0.1) is 0 Å². The lowest BCUT2D eigenvalue weighted by Gasteiger charge is -2.11. The first-order chi connectivity index (χ1) is 9.34. The van der Waals surface area contributed by atoms with E-state index in [1.807, 2.05) is 26.0 Å². The zero-order valence-corrected chi connectivity index (χ0v) is 15.4. The van der Waals surface area contributed by atoms with Gasteiger partial charge >= 0.3 is 0 Å². The zero-order valence-electron chi connectivity index (χ0n) is 10.7. The summed E-state index contributed by atoms with van der Waals surface area (Å²) in [6.07, 6.45) is 0. The third-order valence-corrected chi connectivity index (χ3v) is 5.82. The molecule has 0 saturated carbocycles. The third-order valence-electron chi connectivity index (χ3n) is 3.13. The van der Waals surface area contributed by atoms with Crippen LogP contribution >= 0.6 is 55.1 Å². The molecule has 104 valence electrons. The third kappa shape index (κ3) is 2.82. The topological polar surface area (TPSA) is 17.1 Å². The maximum Gasteiger partial charge on any atom is 0.196 e. The minimum Gasteiger partial charge on any atom is -0.288 e. The first kappa shape index (κ1) is 16.0. The predicted molar refractivity (Wildman–Crippen MR) is 91.2 cm³/mol. The van der Waals surface area contributed by atoms with Crippen LogP contribution in [0, 0.1) is 13.8 Å². The van der Waals surface area contributed by atoms with E-state index in [0.717, 1.165) is 20.1 Å². The van der Waals surface area contributed by atoms with Gasteiger partial charge < -0.3 is 0 Å². The Hall–Kier alpha value is -0.350. The molecule has 2 rings (SSSR count). The Kier molecular flexibility index (Phi) is 4.96. The van der Waals surface area contributed by atoms with Crippen LogP contribution in [-0.4, -0.2) is 5.78 Å².